The van der Waals surface area contributed by atoms with Gasteiger partial charge in [-0.2, -0.15) is 10.1 Å². The van der Waals surface area contributed by atoms with E-state index in [4.69, 9.17) is 8.94 Å². The third-order valence-electron chi connectivity index (χ3n) is 5.39. The number of benzene rings is 2. The van der Waals surface area contributed by atoms with E-state index in [9.17, 15) is 4.79 Å². The molecular weight excluding hydrogens is 440 g/mol. The van der Waals surface area contributed by atoms with Gasteiger partial charge in [-0.3, -0.25) is 4.79 Å². The summed E-state index contributed by atoms with van der Waals surface area (Å²) < 4.78 is 12.6. The first-order valence-electron chi connectivity index (χ1n) is 10.6. The third kappa shape index (κ3) is 4.05. The van der Waals surface area contributed by atoms with Crippen molar-refractivity contribution < 1.29 is 8.94 Å². The van der Waals surface area contributed by atoms with Crippen LogP contribution in [0.15, 0.2) is 73.6 Å². The average Bonchev–Trinajstić information content (AvgIpc) is 3.40. The van der Waals surface area contributed by atoms with Crippen LogP contribution in [0.25, 0.3) is 22.4 Å². The molecule has 5 aromatic rings. The molecule has 0 radical (unpaired) electrons. The number of hydrogen-bond acceptors (Lipinski definition) is 9. The molecule has 0 amide bonds. The molecule has 9 nitrogen and oxygen atoms in total. The first-order valence-corrected chi connectivity index (χ1v) is 11.6. The molecule has 0 N–H and O–H groups in total. The van der Waals surface area contributed by atoms with E-state index >= 15 is 0 Å². The number of fused-ring (bicyclic) bond motifs is 1. The molecule has 164 valence electrons. The van der Waals surface area contributed by atoms with E-state index in [0.717, 1.165) is 18.4 Å². The van der Waals surface area contributed by atoms with Gasteiger partial charge >= 0.3 is 0 Å². The van der Waals surface area contributed by atoms with E-state index in [1.165, 1.54) is 16.4 Å². The van der Waals surface area contributed by atoms with Gasteiger partial charge in [-0.15, -0.1) is 10.2 Å². The molecule has 1 aliphatic carbocycles. The van der Waals surface area contributed by atoms with Gasteiger partial charge in [0.25, 0.3) is 16.7 Å². The van der Waals surface area contributed by atoms with E-state index in [0.29, 0.717) is 51.6 Å². The van der Waals surface area contributed by atoms with Gasteiger partial charge in [0.05, 0.1) is 17.7 Å². The monoisotopic (exact) mass is 458 g/mol. The highest BCUT2D eigenvalue weighted by Crippen LogP contribution is 2.39. The van der Waals surface area contributed by atoms with Crippen LogP contribution in [0.1, 0.15) is 36.0 Å². The average molecular weight is 459 g/mol. The molecular formula is C23H18N6O3S. The minimum Gasteiger partial charge on any atom is -0.409 e. The first-order chi connectivity index (χ1) is 16.2. The van der Waals surface area contributed by atoms with Crippen molar-refractivity contribution in [2.24, 2.45) is 0 Å². The Morgan fingerprint density at radius 1 is 1.00 bits per heavy atom. The van der Waals surface area contributed by atoms with Gasteiger partial charge in [-0.1, -0.05) is 65.4 Å². The fourth-order valence-electron chi connectivity index (χ4n) is 3.57. The summed E-state index contributed by atoms with van der Waals surface area (Å²) in [6.07, 6.45) is 2.21. The normalized spacial score (nSPS) is 13.6. The highest BCUT2D eigenvalue weighted by molar-refractivity contribution is 7.98. The molecule has 2 aromatic carbocycles. The summed E-state index contributed by atoms with van der Waals surface area (Å²) in [5.41, 5.74) is 1.27. The van der Waals surface area contributed by atoms with Crippen molar-refractivity contribution in [2.75, 3.05) is 0 Å². The van der Waals surface area contributed by atoms with Gasteiger partial charge in [0.1, 0.15) is 0 Å². The topological polar surface area (TPSA) is 113 Å². The zero-order chi connectivity index (χ0) is 22.2. The quantitative estimate of drug-likeness (QED) is 0.333. The smallest absolute Gasteiger partial charge is 0.277 e. The predicted molar refractivity (Wildman–Crippen MR) is 121 cm³/mol. The van der Waals surface area contributed by atoms with Crippen LogP contribution < -0.4 is 5.56 Å². The molecule has 1 aliphatic rings. The lowest BCUT2D eigenvalue weighted by atomic mass is 10.1. The van der Waals surface area contributed by atoms with Crippen LogP contribution in [0, 0.1) is 0 Å². The summed E-state index contributed by atoms with van der Waals surface area (Å²) in [5, 5.41) is 18.5. The highest BCUT2D eigenvalue weighted by atomic mass is 32.2. The molecule has 33 heavy (non-hydrogen) atoms. The van der Waals surface area contributed by atoms with Crippen LogP contribution in [0.4, 0.5) is 0 Å². The van der Waals surface area contributed by atoms with Crippen molar-refractivity contribution in [3.05, 3.63) is 82.2 Å². The van der Waals surface area contributed by atoms with Crippen molar-refractivity contribution in [3.63, 3.8) is 0 Å². The Balaban J connectivity index is 1.30. The van der Waals surface area contributed by atoms with Crippen LogP contribution in [-0.2, 0) is 12.3 Å². The van der Waals surface area contributed by atoms with Crippen molar-refractivity contribution in [1.29, 1.82) is 0 Å². The fourth-order valence-corrected chi connectivity index (χ4v) is 4.18. The molecule has 0 aliphatic heterocycles. The third-order valence-corrected chi connectivity index (χ3v) is 6.20. The maximum atomic E-state index is 13.0. The molecule has 1 saturated carbocycles. The molecule has 6 rings (SSSR count). The van der Waals surface area contributed by atoms with Crippen molar-refractivity contribution in [1.82, 2.24) is 30.1 Å². The van der Waals surface area contributed by atoms with Crippen LogP contribution in [0.2, 0.25) is 0 Å². The number of hydrogen-bond donors (Lipinski definition) is 0. The maximum Gasteiger partial charge on any atom is 0.277 e. The second kappa shape index (κ2) is 8.28. The minimum absolute atomic E-state index is 0.170. The van der Waals surface area contributed by atoms with Crippen LogP contribution in [-0.4, -0.2) is 30.1 Å². The first kappa shape index (κ1) is 19.9. The lowest BCUT2D eigenvalue weighted by molar-refractivity contribution is 0.375. The lowest BCUT2D eigenvalue weighted by Gasteiger charge is -2.09. The fraction of sp³-hybridized carbons (Fsp3) is 0.217. The Kier molecular flexibility index (Phi) is 4.99. The summed E-state index contributed by atoms with van der Waals surface area (Å²) in [5.74, 6) is 2.42. The van der Waals surface area contributed by atoms with Gasteiger partial charge in [-0.25, -0.2) is 4.68 Å². The Morgan fingerprint density at radius 3 is 2.61 bits per heavy atom. The second-order valence-corrected chi connectivity index (χ2v) is 8.75. The van der Waals surface area contributed by atoms with Crippen molar-refractivity contribution in [3.8, 4) is 11.6 Å². The summed E-state index contributed by atoms with van der Waals surface area (Å²) >= 11 is 1.33. The zero-order valence-corrected chi connectivity index (χ0v) is 18.2. The van der Waals surface area contributed by atoms with E-state index in [2.05, 4.69) is 25.4 Å². The SMILES string of the molecule is O=c1c2ccccc2c(-c2nnc(SCc3noc(C4CC4)n3)o2)nn1Cc1ccccc1. The standard InChI is InChI=1S/C23H18N6O3S/c30-22-17-9-5-4-8-16(17)19(27-29(22)12-14-6-2-1-3-7-14)21-25-26-23(31-21)33-13-18-24-20(32-28-18)15-10-11-15/h1-9,15H,10-13H2. The van der Waals surface area contributed by atoms with Crippen LogP contribution in [0.5, 0.6) is 0 Å². The Bertz CT molecular complexity index is 1490. The number of rotatable bonds is 7. The molecule has 0 atom stereocenters. The lowest BCUT2D eigenvalue weighted by Crippen LogP contribution is -2.24. The molecule has 3 aromatic heterocycles. The summed E-state index contributed by atoms with van der Waals surface area (Å²) in [6.45, 7) is 0.342. The predicted octanol–water partition coefficient (Wildman–Crippen LogP) is 4.05. The summed E-state index contributed by atoms with van der Waals surface area (Å²) in [6, 6.07) is 17.0. The van der Waals surface area contributed by atoms with Crippen LogP contribution in [0.3, 0.4) is 0 Å². The Morgan fingerprint density at radius 2 is 1.79 bits per heavy atom. The molecule has 0 unspecified atom stereocenters. The van der Waals surface area contributed by atoms with E-state index < -0.39 is 0 Å². The highest BCUT2D eigenvalue weighted by Gasteiger charge is 2.29. The van der Waals surface area contributed by atoms with Gasteiger partial charge < -0.3 is 8.94 Å². The molecule has 10 heteroatoms. The largest absolute Gasteiger partial charge is 0.409 e. The number of aromatic nitrogens is 6. The van der Waals surface area contributed by atoms with E-state index in [1.54, 1.807) is 6.07 Å². The summed E-state index contributed by atoms with van der Waals surface area (Å²) in [7, 11) is 0. The molecule has 0 spiro atoms. The Labute approximate surface area is 191 Å². The number of nitrogens with zero attached hydrogens (tertiary/aromatic N) is 6. The van der Waals surface area contributed by atoms with Crippen molar-refractivity contribution in [2.45, 2.75) is 36.3 Å². The van der Waals surface area contributed by atoms with E-state index in [-0.39, 0.29) is 11.4 Å². The minimum atomic E-state index is -0.170. The summed E-state index contributed by atoms with van der Waals surface area (Å²) in [4.78, 5) is 17.5. The molecule has 0 bridgehead atoms. The molecule has 3 heterocycles. The second-order valence-electron chi connectivity index (χ2n) is 7.83. The van der Waals surface area contributed by atoms with Gasteiger partial charge in [-0.05, 0) is 24.5 Å². The van der Waals surface area contributed by atoms with Gasteiger partial charge in [0.15, 0.2) is 11.5 Å². The zero-order valence-electron chi connectivity index (χ0n) is 17.4. The van der Waals surface area contributed by atoms with Gasteiger partial charge in [0, 0.05) is 11.3 Å². The number of thioether (sulfide) groups is 1. The van der Waals surface area contributed by atoms with E-state index in [1.807, 2.05) is 48.5 Å². The molecule has 1 fully saturated rings. The van der Waals surface area contributed by atoms with Crippen LogP contribution >= 0.6 is 11.8 Å². The maximum absolute atomic E-state index is 13.0. The Hall–Kier alpha value is -3.79. The van der Waals surface area contributed by atoms with Crippen molar-refractivity contribution >= 4 is 22.5 Å². The molecule has 0 saturated heterocycles. The van der Waals surface area contributed by atoms with Gasteiger partial charge in [0.2, 0.25) is 5.89 Å².